The third-order valence-corrected chi connectivity index (χ3v) is 2.51. The summed E-state index contributed by atoms with van der Waals surface area (Å²) in [6.07, 6.45) is 5.63. The molecule has 0 saturated carbocycles. The zero-order valence-electron chi connectivity index (χ0n) is 8.42. The molecular weight excluding hydrogens is 190 g/mol. The molecule has 3 aromatic rings. The monoisotopic (exact) mass is 201 g/mol. The van der Waals surface area contributed by atoms with Gasteiger partial charge in [0.15, 0.2) is 5.76 Å². The fraction of sp³-hybridized carbons (Fsp3) is 0.182. The van der Waals surface area contributed by atoms with Crippen molar-refractivity contribution < 1.29 is 4.42 Å². The normalized spacial score (nSPS) is 11.3. The first-order chi connectivity index (χ1) is 7.38. The standard InChI is InChI=1S/C11H11N3O/c1-2-13-5-6-14-11(13)8-9(12-14)10-4-3-7-15-10/h3-8H,2H2,1H3. The molecule has 3 rings (SSSR count). The summed E-state index contributed by atoms with van der Waals surface area (Å²) in [6.45, 7) is 3.05. The van der Waals surface area contributed by atoms with Crippen LogP contribution in [-0.2, 0) is 6.54 Å². The molecule has 3 aromatic heterocycles. The zero-order chi connectivity index (χ0) is 10.3. The minimum absolute atomic E-state index is 0.807. The van der Waals surface area contributed by atoms with Crippen molar-refractivity contribution in [2.75, 3.05) is 0 Å². The van der Waals surface area contributed by atoms with Gasteiger partial charge in [0.2, 0.25) is 0 Å². The number of nitrogens with zero attached hydrogens (tertiary/aromatic N) is 3. The summed E-state index contributed by atoms with van der Waals surface area (Å²) in [4.78, 5) is 0. The van der Waals surface area contributed by atoms with Crippen molar-refractivity contribution in [1.29, 1.82) is 0 Å². The van der Waals surface area contributed by atoms with E-state index < -0.39 is 0 Å². The van der Waals surface area contributed by atoms with E-state index in [4.69, 9.17) is 4.42 Å². The Kier molecular flexibility index (Phi) is 1.68. The maximum Gasteiger partial charge on any atom is 0.154 e. The number of rotatable bonds is 2. The van der Waals surface area contributed by atoms with Gasteiger partial charge in [0.1, 0.15) is 11.3 Å². The fourth-order valence-electron chi connectivity index (χ4n) is 1.74. The van der Waals surface area contributed by atoms with Gasteiger partial charge in [-0.15, -0.1) is 0 Å². The van der Waals surface area contributed by atoms with E-state index in [2.05, 4.69) is 16.6 Å². The first kappa shape index (κ1) is 8.35. The van der Waals surface area contributed by atoms with Crippen molar-refractivity contribution in [3.05, 3.63) is 36.9 Å². The molecule has 0 aromatic carbocycles. The Morgan fingerprint density at radius 3 is 3.07 bits per heavy atom. The van der Waals surface area contributed by atoms with Gasteiger partial charge in [0.25, 0.3) is 0 Å². The highest BCUT2D eigenvalue weighted by Crippen LogP contribution is 2.20. The molecule has 0 unspecified atom stereocenters. The van der Waals surface area contributed by atoms with E-state index in [-0.39, 0.29) is 0 Å². The number of aromatic nitrogens is 3. The van der Waals surface area contributed by atoms with Crippen LogP contribution >= 0.6 is 0 Å². The van der Waals surface area contributed by atoms with Crippen LogP contribution in [0.25, 0.3) is 17.1 Å². The van der Waals surface area contributed by atoms with E-state index >= 15 is 0 Å². The molecular formula is C11H11N3O. The molecule has 4 nitrogen and oxygen atoms in total. The maximum absolute atomic E-state index is 5.31. The van der Waals surface area contributed by atoms with Gasteiger partial charge in [-0.3, -0.25) is 0 Å². The van der Waals surface area contributed by atoms with Crippen LogP contribution in [-0.4, -0.2) is 14.2 Å². The second-order valence-corrected chi connectivity index (χ2v) is 3.39. The maximum atomic E-state index is 5.31. The second-order valence-electron chi connectivity index (χ2n) is 3.39. The molecule has 15 heavy (non-hydrogen) atoms. The van der Waals surface area contributed by atoms with E-state index in [1.807, 2.05) is 35.1 Å². The second kappa shape index (κ2) is 3.02. The number of hydrogen-bond acceptors (Lipinski definition) is 2. The topological polar surface area (TPSA) is 35.4 Å². The van der Waals surface area contributed by atoms with Crippen LogP contribution in [0.4, 0.5) is 0 Å². The highest BCUT2D eigenvalue weighted by atomic mass is 16.3. The summed E-state index contributed by atoms with van der Waals surface area (Å²) in [7, 11) is 0. The summed E-state index contributed by atoms with van der Waals surface area (Å²) in [5.41, 5.74) is 1.96. The van der Waals surface area contributed by atoms with Gasteiger partial charge in [0.05, 0.1) is 6.26 Å². The quantitative estimate of drug-likeness (QED) is 0.638. The molecule has 0 radical (unpaired) electrons. The van der Waals surface area contributed by atoms with E-state index in [0.29, 0.717) is 0 Å². The van der Waals surface area contributed by atoms with Crippen molar-refractivity contribution in [2.45, 2.75) is 13.5 Å². The first-order valence-electron chi connectivity index (χ1n) is 4.97. The van der Waals surface area contributed by atoms with E-state index in [9.17, 15) is 0 Å². The molecule has 4 heteroatoms. The average molecular weight is 201 g/mol. The Hall–Kier alpha value is -1.97. The molecule has 3 heterocycles. The van der Waals surface area contributed by atoms with Gasteiger partial charge in [-0.25, -0.2) is 4.52 Å². The van der Waals surface area contributed by atoms with Crippen molar-refractivity contribution in [2.24, 2.45) is 0 Å². The van der Waals surface area contributed by atoms with E-state index in [1.165, 1.54) is 0 Å². The average Bonchev–Trinajstić information content (AvgIpc) is 2.93. The van der Waals surface area contributed by atoms with Gasteiger partial charge in [-0.05, 0) is 19.1 Å². The van der Waals surface area contributed by atoms with Crippen LogP contribution in [0.15, 0.2) is 41.3 Å². The summed E-state index contributed by atoms with van der Waals surface area (Å²) in [5.74, 6) is 0.807. The zero-order valence-corrected chi connectivity index (χ0v) is 8.42. The number of fused-ring (bicyclic) bond motifs is 1. The van der Waals surface area contributed by atoms with Gasteiger partial charge in [-0.2, -0.15) is 5.10 Å². The number of aryl methyl sites for hydroxylation is 1. The molecule has 0 aliphatic rings. The van der Waals surface area contributed by atoms with Crippen molar-refractivity contribution in [3.8, 4) is 11.5 Å². The number of furan rings is 1. The molecule has 0 spiro atoms. The minimum Gasteiger partial charge on any atom is -0.463 e. The molecule has 0 atom stereocenters. The van der Waals surface area contributed by atoms with Crippen LogP contribution in [0.5, 0.6) is 0 Å². The highest BCUT2D eigenvalue weighted by molar-refractivity contribution is 5.59. The summed E-state index contributed by atoms with van der Waals surface area (Å²) in [6, 6.07) is 5.81. The lowest BCUT2D eigenvalue weighted by Crippen LogP contribution is -1.90. The predicted molar refractivity (Wildman–Crippen MR) is 56.6 cm³/mol. The molecule has 0 aliphatic heterocycles. The van der Waals surface area contributed by atoms with Crippen LogP contribution in [0.1, 0.15) is 6.92 Å². The molecule has 0 bridgehead atoms. The minimum atomic E-state index is 0.807. The molecule has 0 fully saturated rings. The van der Waals surface area contributed by atoms with Gasteiger partial charge < -0.3 is 8.98 Å². The molecule has 0 aliphatic carbocycles. The SMILES string of the molecule is CCn1ccn2nc(-c3ccco3)cc12. The Morgan fingerprint density at radius 2 is 2.33 bits per heavy atom. The smallest absolute Gasteiger partial charge is 0.154 e. The molecule has 0 N–H and O–H groups in total. The van der Waals surface area contributed by atoms with Crippen LogP contribution in [0.3, 0.4) is 0 Å². The molecule has 0 saturated heterocycles. The summed E-state index contributed by atoms with van der Waals surface area (Å²) >= 11 is 0. The fourth-order valence-corrected chi connectivity index (χ4v) is 1.74. The third kappa shape index (κ3) is 1.18. The Morgan fingerprint density at radius 1 is 1.40 bits per heavy atom. The molecule has 0 amide bonds. The van der Waals surface area contributed by atoms with Gasteiger partial charge in [0, 0.05) is 25.0 Å². The highest BCUT2D eigenvalue weighted by Gasteiger charge is 2.08. The number of imidazole rings is 1. The van der Waals surface area contributed by atoms with Crippen molar-refractivity contribution in [3.63, 3.8) is 0 Å². The largest absolute Gasteiger partial charge is 0.463 e. The van der Waals surface area contributed by atoms with E-state index in [1.54, 1.807) is 6.26 Å². The third-order valence-electron chi connectivity index (χ3n) is 2.51. The predicted octanol–water partition coefficient (Wildman–Crippen LogP) is 2.42. The number of hydrogen-bond donors (Lipinski definition) is 0. The summed E-state index contributed by atoms with van der Waals surface area (Å²) in [5, 5.41) is 4.43. The van der Waals surface area contributed by atoms with Gasteiger partial charge >= 0.3 is 0 Å². The lowest BCUT2D eigenvalue weighted by Gasteiger charge is -1.93. The lowest BCUT2D eigenvalue weighted by molar-refractivity contribution is 0.579. The van der Waals surface area contributed by atoms with Crippen molar-refractivity contribution >= 4 is 5.65 Å². The van der Waals surface area contributed by atoms with Gasteiger partial charge in [-0.1, -0.05) is 0 Å². The lowest BCUT2D eigenvalue weighted by atomic mass is 10.3. The van der Waals surface area contributed by atoms with Crippen LogP contribution in [0, 0.1) is 0 Å². The van der Waals surface area contributed by atoms with Crippen LogP contribution in [0.2, 0.25) is 0 Å². The Balaban J connectivity index is 2.19. The van der Waals surface area contributed by atoms with Crippen LogP contribution < -0.4 is 0 Å². The Labute approximate surface area is 86.7 Å². The molecule has 76 valence electrons. The first-order valence-corrected chi connectivity index (χ1v) is 4.97. The van der Waals surface area contributed by atoms with E-state index in [0.717, 1.165) is 23.6 Å². The van der Waals surface area contributed by atoms with Crippen molar-refractivity contribution in [1.82, 2.24) is 14.2 Å². The Bertz CT molecular complexity index is 574. The summed E-state index contributed by atoms with van der Waals surface area (Å²) < 4.78 is 9.31.